The Hall–Kier alpha value is -1.64. The zero-order chi connectivity index (χ0) is 11.2. The Bertz CT molecular complexity index is 475. The fraction of sp³-hybridized carbons (Fsp3) is 0.333. The molecule has 3 heteroatoms. The van der Waals surface area contributed by atoms with Crippen LogP contribution >= 0.6 is 0 Å². The lowest BCUT2D eigenvalue weighted by Crippen LogP contribution is -2.13. The number of amides is 1. The Labute approximate surface area is 88.5 Å². The van der Waals surface area contributed by atoms with Gasteiger partial charge in [0.05, 0.1) is 11.3 Å². The van der Waals surface area contributed by atoms with Gasteiger partial charge in [0.25, 0.3) is 11.7 Å². The molecule has 1 amide bonds. The van der Waals surface area contributed by atoms with Gasteiger partial charge in [-0.05, 0) is 37.0 Å². The predicted molar refractivity (Wildman–Crippen MR) is 58.3 cm³/mol. The molecule has 0 fully saturated rings. The molecule has 0 aromatic heterocycles. The maximum atomic E-state index is 11.6. The molecule has 0 radical (unpaired) electrons. The molecule has 3 nitrogen and oxygen atoms in total. The van der Waals surface area contributed by atoms with Crippen LogP contribution in [0.3, 0.4) is 0 Å². The van der Waals surface area contributed by atoms with E-state index in [1.54, 1.807) is 0 Å². The zero-order valence-electron chi connectivity index (χ0n) is 9.10. The third kappa shape index (κ3) is 1.27. The number of carbonyl (C=O) groups is 2. The van der Waals surface area contributed by atoms with Gasteiger partial charge in [-0.1, -0.05) is 13.0 Å². The Morgan fingerprint density at radius 2 is 1.93 bits per heavy atom. The monoisotopic (exact) mass is 203 g/mol. The van der Waals surface area contributed by atoms with Crippen molar-refractivity contribution < 1.29 is 9.59 Å². The molecule has 1 aromatic carbocycles. The molecule has 0 saturated heterocycles. The molecule has 15 heavy (non-hydrogen) atoms. The van der Waals surface area contributed by atoms with E-state index in [0.29, 0.717) is 11.3 Å². The highest BCUT2D eigenvalue weighted by Crippen LogP contribution is 2.32. The first kappa shape index (κ1) is 9.90. The molecule has 1 aromatic rings. The summed E-state index contributed by atoms with van der Waals surface area (Å²) in [7, 11) is 0. The van der Waals surface area contributed by atoms with Gasteiger partial charge in [0.2, 0.25) is 0 Å². The fourth-order valence-electron chi connectivity index (χ4n) is 2.08. The molecule has 2 rings (SSSR count). The van der Waals surface area contributed by atoms with Crippen LogP contribution in [0.25, 0.3) is 0 Å². The molecule has 0 saturated carbocycles. The van der Waals surface area contributed by atoms with Crippen LogP contribution < -0.4 is 5.32 Å². The van der Waals surface area contributed by atoms with E-state index in [2.05, 4.69) is 5.32 Å². The van der Waals surface area contributed by atoms with E-state index in [1.807, 2.05) is 26.8 Å². The molecule has 1 heterocycles. The number of hydrogen-bond acceptors (Lipinski definition) is 2. The molecular weight excluding hydrogens is 190 g/mol. The smallest absolute Gasteiger partial charge is 0.296 e. The van der Waals surface area contributed by atoms with Crippen molar-refractivity contribution in [1.82, 2.24) is 0 Å². The lowest BCUT2D eigenvalue weighted by atomic mass is 9.95. The summed E-state index contributed by atoms with van der Waals surface area (Å²) in [6, 6.07) is 2.03. The number of carbonyl (C=O) groups excluding carboxylic acids is 2. The van der Waals surface area contributed by atoms with Crippen LogP contribution in [0.15, 0.2) is 6.07 Å². The minimum absolute atomic E-state index is 0.402. The first-order chi connectivity index (χ1) is 7.06. The van der Waals surface area contributed by atoms with Gasteiger partial charge in [0, 0.05) is 0 Å². The summed E-state index contributed by atoms with van der Waals surface area (Å²) in [6.45, 7) is 5.86. The molecule has 0 bridgehead atoms. The topological polar surface area (TPSA) is 46.2 Å². The first-order valence-corrected chi connectivity index (χ1v) is 5.05. The molecule has 0 unspecified atom stereocenters. The summed E-state index contributed by atoms with van der Waals surface area (Å²) < 4.78 is 0. The van der Waals surface area contributed by atoms with Crippen molar-refractivity contribution in [3.05, 3.63) is 28.3 Å². The predicted octanol–water partition coefficient (Wildman–Crippen LogP) is 2.00. The highest BCUT2D eigenvalue weighted by molar-refractivity contribution is 6.52. The SMILES string of the molecule is CCc1cc(C)c2c(c1C)C(=O)C(=O)N2. The van der Waals surface area contributed by atoms with Crippen LogP contribution in [-0.2, 0) is 11.2 Å². The van der Waals surface area contributed by atoms with Crippen LogP contribution in [0.5, 0.6) is 0 Å². The van der Waals surface area contributed by atoms with E-state index in [9.17, 15) is 9.59 Å². The summed E-state index contributed by atoms with van der Waals surface area (Å²) in [6.07, 6.45) is 0.876. The van der Waals surface area contributed by atoms with Crippen molar-refractivity contribution >= 4 is 17.4 Å². The Morgan fingerprint density at radius 1 is 1.27 bits per heavy atom. The molecule has 78 valence electrons. The van der Waals surface area contributed by atoms with Gasteiger partial charge >= 0.3 is 0 Å². The second kappa shape index (κ2) is 3.19. The van der Waals surface area contributed by atoms with Gasteiger partial charge in [-0.25, -0.2) is 0 Å². The summed E-state index contributed by atoms with van der Waals surface area (Å²) in [5.74, 6) is -0.912. The zero-order valence-corrected chi connectivity index (χ0v) is 9.10. The lowest BCUT2D eigenvalue weighted by Gasteiger charge is -2.10. The minimum Gasteiger partial charge on any atom is -0.318 e. The van der Waals surface area contributed by atoms with Gasteiger partial charge in [-0.3, -0.25) is 9.59 Å². The van der Waals surface area contributed by atoms with Crippen LogP contribution in [0.2, 0.25) is 0 Å². The molecular formula is C12H13NO2. The summed E-state index contributed by atoms with van der Waals surface area (Å²) in [5.41, 5.74) is 4.29. The number of nitrogens with one attached hydrogen (secondary N) is 1. The van der Waals surface area contributed by atoms with Gasteiger partial charge in [0.1, 0.15) is 0 Å². The summed E-state index contributed by atoms with van der Waals surface area (Å²) in [5, 5.41) is 2.62. The minimum atomic E-state index is -0.510. The fourth-order valence-corrected chi connectivity index (χ4v) is 2.08. The van der Waals surface area contributed by atoms with E-state index in [0.717, 1.165) is 23.1 Å². The van der Waals surface area contributed by atoms with E-state index in [4.69, 9.17) is 0 Å². The van der Waals surface area contributed by atoms with Gasteiger partial charge in [-0.2, -0.15) is 0 Å². The second-order valence-electron chi connectivity index (χ2n) is 3.86. The summed E-state index contributed by atoms with van der Waals surface area (Å²) >= 11 is 0. The number of rotatable bonds is 1. The molecule has 1 aliphatic heterocycles. The molecule has 0 aliphatic carbocycles. The summed E-state index contributed by atoms with van der Waals surface area (Å²) in [4.78, 5) is 22.9. The maximum absolute atomic E-state index is 11.6. The Balaban J connectivity index is 2.75. The highest BCUT2D eigenvalue weighted by Gasteiger charge is 2.31. The number of fused-ring (bicyclic) bond motifs is 1. The largest absolute Gasteiger partial charge is 0.318 e. The van der Waals surface area contributed by atoms with Gasteiger partial charge in [0.15, 0.2) is 0 Å². The number of ketones is 1. The third-order valence-electron chi connectivity index (χ3n) is 2.94. The number of Topliss-reactive ketones (excluding diaryl/α,β-unsaturated/α-hetero) is 1. The van der Waals surface area contributed by atoms with Crippen molar-refractivity contribution in [2.45, 2.75) is 27.2 Å². The molecule has 0 atom stereocenters. The van der Waals surface area contributed by atoms with Crippen molar-refractivity contribution in [3.63, 3.8) is 0 Å². The Kier molecular flexibility index (Phi) is 2.11. The van der Waals surface area contributed by atoms with Crippen molar-refractivity contribution in [2.75, 3.05) is 5.32 Å². The van der Waals surface area contributed by atoms with Crippen LogP contribution in [0.1, 0.15) is 34.0 Å². The molecule has 0 spiro atoms. The van der Waals surface area contributed by atoms with Crippen molar-refractivity contribution in [3.8, 4) is 0 Å². The number of aryl methyl sites for hydroxylation is 2. The average molecular weight is 203 g/mol. The van der Waals surface area contributed by atoms with Gasteiger partial charge in [-0.15, -0.1) is 0 Å². The van der Waals surface area contributed by atoms with Gasteiger partial charge < -0.3 is 5.32 Å². The van der Waals surface area contributed by atoms with Crippen molar-refractivity contribution in [2.24, 2.45) is 0 Å². The number of anilines is 1. The van der Waals surface area contributed by atoms with Crippen LogP contribution in [-0.4, -0.2) is 11.7 Å². The van der Waals surface area contributed by atoms with E-state index < -0.39 is 11.7 Å². The molecule has 1 N–H and O–H groups in total. The molecule has 1 aliphatic rings. The van der Waals surface area contributed by atoms with E-state index in [-0.39, 0.29) is 0 Å². The standard InChI is InChI=1S/C12H13NO2/c1-4-8-5-6(2)10-9(7(8)3)11(14)12(15)13-10/h5H,4H2,1-3H3,(H,13,14,15). The van der Waals surface area contributed by atoms with E-state index >= 15 is 0 Å². The quantitative estimate of drug-likeness (QED) is 0.709. The van der Waals surface area contributed by atoms with Crippen LogP contribution in [0, 0.1) is 13.8 Å². The first-order valence-electron chi connectivity index (χ1n) is 5.05. The van der Waals surface area contributed by atoms with E-state index in [1.165, 1.54) is 0 Å². The number of benzene rings is 1. The lowest BCUT2D eigenvalue weighted by molar-refractivity contribution is -0.112. The highest BCUT2D eigenvalue weighted by atomic mass is 16.2. The van der Waals surface area contributed by atoms with Crippen molar-refractivity contribution in [1.29, 1.82) is 0 Å². The third-order valence-corrected chi connectivity index (χ3v) is 2.94. The normalized spacial score (nSPS) is 14.1. The number of hydrogen-bond donors (Lipinski definition) is 1. The average Bonchev–Trinajstić information content (AvgIpc) is 2.50. The Morgan fingerprint density at radius 3 is 2.53 bits per heavy atom. The van der Waals surface area contributed by atoms with Crippen LogP contribution in [0.4, 0.5) is 5.69 Å². The second-order valence-corrected chi connectivity index (χ2v) is 3.86. The maximum Gasteiger partial charge on any atom is 0.296 e.